The van der Waals surface area contributed by atoms with Gasteiger partial charge in [-0.1, -0.05) is 6.92 Å². The van der Waals surface area contributed by atoms with Gasteiger partial charge in [-0.15, -0.1) is 0 Å². The van der Waals surface area contributed by atoms with Crippen molar-refractivity contribution in [2.45, 2.75) is 33.6 Å². The Morgan fingerprint density at radius 3 is 2.40 bits per heavy atom. The molecule has 5 nitrogen and oxygen atoms in total. The molecule has 0 fully saturated rings. The SMILES string of the molecule is CCNc1nc(CC)nc(NCCSCCCO)c1C. The number of aliphatic hydroxyl groups excluding tert-OH is 1. The molecule has 1 aromatic heterocycles. The molecule has 0 bridgehead atoms. The predicted octanol–water partition coefficient (Wildman–Crippen LogP) is 2.31. The zero-order valence-corrected chi connectivity index (χ0v) is 13.5. The third-order valence-electron chi connectivity index (χ3n) is 2.84. The molecular formula is C14H26N4OS. The summed E-state index contributed by atoms with van der Waals surface area (Å²) in [5.74, 6) is 4.73. The van der Waals surface area contributed by atoms with Gasteiger partial charge in [-0.3, -0.25) is 0 Å². The van der Waals surface area contributed by atoms with Gasteiger partial charge < -0.3 is 15.7 Å². The van der Waals surface area contributed by atoms with Gasteiger partial charge in [0.25, 0.3) is 0 Å². The first kappa shape index (κ1) is 17.0. The van der Waals surface area contributed by atoms with Crippen LogP contribution in [0.1, 0.15) is 31.7 Å². The number of rotatable bonds is 10. The summed E-state index contributed by atoms with van der Waals surface area (Å²) in [5, 5.41) is 15.4. The standard InChI is InChI=1S/C14H26N4OS/c1-4-12-17-13(15-5-2)11(3)14(18-12)16-7-10-20-9-6-8-19/h19H,4-10H2,1-3H3,(H2,15,16,17,18). The summed E-state index contributed by atoms with van der Waals surface area (Å²) in [4.78, 5) is 9.07. The molecule has 0 aliphatic heterocycles. The van der Waals surface area contributed by atoms with E-state index in [2.05, 4.69) is 34.4 Å². The number of nitrogens with zero attached hydrogens (tertiary/aromatic N) is 2. The lowest BCUT2D eigenvalue weighted by Gasteiger charge is -2.14. The molecule has 0 amide bonds. The second-order valence-electron chi connectivity index (χ2n) is 4.46. The highest BCUT2D eigenvalue weighted by Crippen LogP contribution is 2.20. The van der Waals surface area contributed by atoms with Gasteiger partial charge in [-0.2, -0.15) is 11.8 Å². The van der Waals surface area contributed by atoms with Crippen LogP contribution in [-0.2, 0) is 6.42 Å². The van der Waals surface area contributed by atoms with Crippen molar-refractivity contribution in [1.29, 1.82) is 0 Å². The Labute approximate surface area is 126 Å². The van der Waals surface area contributed by atoms with Crippen LogP contribution >= 0.6 is 11.8 Å². The number of aryl methyl sites for hydroxylation is 1. The first-order valence-electron chi connectivity index (χ1n) is 7.26. The van der Waals surface area contributed by atoms with Crippen molar-refractivity contribution in [3.05, 3.63) is 11.4 Å². The molecule has 6 heteroatoms. The van der Waals surface area contributed by atoms with E-state index in [4.69, 9.17) is 5.11 Å². The van der Waals surface area contributed by atoms with Crippen LogP contribution in [0.4, 0.5) is 11.6 Å². The third kappa shape index (κ3) is 5.54. The quantitative estimate of drug-likeness (QED) is 0.576. The molecule has 0 aliphatic carbocycles. The summed E-state index contributed by atoms with van der Waals surface area (Å²) >= 11 is 1.85. The van der Waals surface area contributed by atoms with Crippen LogP contribution in [0.3, 0.4) is 0 Å². The summed E-state index contributed by atoms with van der Waals surface area (Å²) < 4.78 is 0. The summed E-state index contributed by atoms with van der Waals surface area (Å²) in [6.07, 6.45) is 1.69. The van der Waals surface area contributed by atoms with E-state index in [0.29, 0.717) is 0 Å². The van der Waals surface area contributed by atoms with Crippen LogP contribution in [0, 0.1) is 6.92 Å². The Hall–Kier alpha value is -1.01. The highest BCUT2D eigenvalue weighted by atomic mass is 32.2. The molecule has 0 atom stereocenters. The van der Waals surface area contributed by atoms with Crippen molar-refractivity contribution >= 4 is 23.4 Å². The summed E-state index contributed by atoms with van der Waals surface area (Å²) in [6.45, 7) is 8.18. The average molecular weight is 298 g/mol. The van der Waals surface area contributed by atoms with E-state index < -0.39 is 0 Å². The number of hydrogen-bond donors (Lipinski definition) is 3. The molecule has 0 saturated heterocycles. The van der Waals surface area contributed by atoms with Crippen LogP contribution < -0.4 is 10.6 Å². The molecule has 114 valence electrons. The lowest BCUT2D eigenvalue weighted by Crippen LogP contribution is -2.12. The Morgan fingerprint density at radius 1 is 1.10 bits per heavy atom. The number of aromatic nitrogens is 2. The van der Waals surface area contributed by atoms with Crippen molar-refractivity contribution in [2.24, 2.45) is 0 Å². The minimum absolute atomic E-state index is 0.275. The topological polar surface area (TPSA) is 70.1 Å². The Morgan fingerprint density at radius 2 is 1.80 bits per heavy atom. The molecule has 0 aromatic carbocycles. The molecule has 0 unspecified atom stereocenters. The molecule has 1 rings (SSSR count). The van der Waals surface area contributed by atoms with Crippen molar-refractivity contribution in [3.63, 3.8) is 0 Å². The highest BCUT2D eigenvalue weighted by Gasteiger charge is 2.09. The minimum Gasteiger partial charge on any atom is -0.396 e. The molecule has 0 radical (unpaired) electrons. The second-order valence-corrected chi connectivity index (χ2v) is 5.69. The van der Waals surface area contributed by atoms with E-state index >= 15 is 0 Å². The maximum atomic E-state index is 8.72. The summed E-state index contributed by atoms with van der Waals surface area (Å²) in [6, 6.07) is 0. The maximum absolute atomic E-state index is 8.72. The van der Waals surface area contributed by atoms with E-state index in [1.807, 2.05) is 18.7 Å². The lowest BCUT2D eigenvalue weighted by atomic mass is 10.3. The molecule has 0 saturated carbocycles. The van der Waals surface area contributed by atoms with Gasteiger partial charge in [0, 0.05) is 37.4 Å². The molecule has 3 N–H and O–H groups in total. The van der Waals surface area contributed by atoms with E-state index in [-0.39, 0.29) is 6.61 Å². The van der Waals surface area contributed by atoms with E-state index in [9.17, 15) is 0 Å². The fraction of sp³-hybridized carbons (Fsp3) is 0.714. The number of anilines is 2. The fourth-order valence-electron chi connectivity index (χ4n) is 1.74. The molecule has 1 heterocycles. The van der Waals surface area contributed by atoms with Crippen LogP contribution in [0.15, 0.2) is 0 Å². The van der Waals surface area contributed by atoms with Crippen molar-refractivity contribution in [1.82, 2.24) is 9.97 Å². The molecule has 20 heavy (non-hydrogen) atoms. The van der Waals surface area contributed by atoms with E-state index in [0.717, 1.165) is 60.5 Å². The summed E-state index contributed by atoms with van der Waals surface area (Å²) in [5.41, 5.74) is 1.07. The fourth-order valence-corrected chi connectivity index (χ4v) is 2.53. The number of thioether (sulfide) groups is 1. The normalized spacial score (nSPS) is 10.6. The number of nitrogens with one attached hydrogen (secondary N) is 2. The number of hydrogen-bond acceptors (Lipinski definition) is 6. The van der Waals surface area contributed by atoms with Crippen LogP contribution in [0.5, 0.6) is 0 Å². The zero-order chi connectivity index (χ0) is 14.8. The maximum Gasteiger partial charge on any atom is 0.134 e. The second kappa shape index (κ2) is 9.83. The van der Waals surface area contributed by atoms with Gasteiger partial charge in [-0.05, 0) is 26.0 Å². The minimum atomic E-state index is 0.275. The van der Waals surface area contributed by atoms with E-state index in [1.54, 1.807) is 0 Å². The van der Waals surface area contributed by atoms with Crippen LogP contribution in [0.2, 0.25) is 0 Å². The first-order chi connectivity index (χ1) is 9.72. The molecule has 0 spiro atoms. The lowest BCUT2D eigenvalue weighted by molar-refractivity contribution is 0.296. The van der Waals surface area contributed by atoms with Crippen molar-refractivity contribution in [2.75, 3.05) is 41.8 Å². The zero-order valence-electron chi connectivity index (χ0n) is 12.7. The highest BCUT2D eigenvalue weighted by molar-refractivity contribution is 7.99. The van der Waals surface area contributed by atoms with Crippen molar-refractivity contribution < 1.29 is 5.11 Å². The van der Waals surface area contributed by atoms with Crippen LogP contribution in [-0.4, -0.2) is 46.3 Å². The molecule has 0 aliphatic rings. The average Bonchev–Trinajstić information content (AvgIpc) is 2.46. The van der Waals surface area contributed by atoms with Gasteiger partial charge >= 0.3 is 0 Å². The van der Waals surface area contributed by atoms with Gasteiger partial charge in [0.15, 0.2) is 0 Å². The Balaban J connectivity index is 2.57. The van der Waals surface area contributed by atoms with Gasteiger partial charge in [0.2, 0.25) is 0 Å². The predicted molar refractivity (Wildman–Crippen MR) is 87.8 cm³/mol. The van der Waals surface area contributed by atoms with Gasteiger partial charge in [0.05, 0.1) is 0 Å². The monoisotopic (exact) mass is 298 g/mol. The Kier molecular flexibility index (Phi) is 8.37. The molecular weight excluding hydrogens is 272 g/mol. The third-order valence-corrected chi connectivity index (χ3v) is 3.91. The van der Waals surface area contributed by atoms with Crippen LogP contribution in [0.25, 0.3) is 0 Å². The van der Waals surface area contributed by atoms with E-state index in [1.165, 1.54) is 0 Å². The number of aliphatic hydroxyl groups is 1. The van der Waals surface area contributed by atoms with Crippen molar-refractivity contribution in [3.8, 4) is 0 Å². The Bertz CT molecular complexity index is 401. The largest absolute Gasteiger partial charge is 0.396 e. The van der Waals surface area contributed by atoms with Gasteiger partial charge in [-0.25, -0.2) is 9.97 Å². The smallest absolute Gasteiger partial charge is 0.134 e. The van der Waals surface area contributed by atoms with Gasteiger partial charge in [0.1, 0.15) is 17.5 Å². The first-order valence-corrected chi connectivity index (χ1v) is 8.42. The molecule has 1 aromatic rings. The summed E-state index contributed by atoms with van der Waals surface area (Å²) in [7, 11) is 0.